The number of thiazole rings is 1. The fraction of sp³-hybridized carbons (Fsp3) is 0.304. The average Bonchev–Trinajstić information content (AvgIpc) is 3.17. The number of aryl methyl sites for hydroxylation is 1. The first-order chi connectivity index (χ1) is 13.7. The summed E-state index contributed by atoms with van der Waals surface area (Å²) in [5.74, 6) is -0.0226. The summed E-state index contributed by atoms with van der Waals surface area (Å²) in [6.45, 7) is 4.18. The van der Waals surface area contributed by atoms with Gasteiger partial charge in [0.05, 0.1) is 23.5 Å². The molecule has 0 spiro atoms. The summed E-state index contributed by atoms with van der Waals surface area (Å²) in [5, 5.41) is 6.04. The molecule has 4 nitrogen and oxygen atoms in total. The molecule has 4 rings (SSSR count). The van der Waals surface area contributed by atoms with Crippen molar-refractivity contribution in [3.63, 3.8) is 0 Å². The Hall–Kier alpha value is -2.66. The van der Waals surface area contributed by atoms with Crippen molar-refractivity contribution in [3.05, 3.63) is 65.2 Å². The van der Waals surface area contributed by atoms with Crippen molar-refractivity contribution in [3.8, 4) is 10.6 Å². The van der Waals surface area contributed by atoms with Crippen LogP contribution in [0.5, 0.6) is 0 Å². The number of para-hydroxylation sites is 2. The van der Waals surface area contributed by atoms with Crippen molar-refractivity contribution in [2.24, 2.45) is 0 Å². The molecule has 28 heavy (non-hydrogen) atoms. The van der Waals surface area contributed by atoms with Crippen LogP contribution in [0, 0.1) is 6.92 Å². The highest BCUT2D eigenvalue weighted by Gasteiger charge is 2.16. The maximum Gasteiger partial charge on any atom is 0.230 e. The van der Waals surface area contributed by atoms with E-state index in [9.17, 15) is 4.79 Å². The SMILES string of the molecule is Cc1cccc(-c2nc(CC(=O)Nc3ccccc3N3CCCCC3)cs2)c1. The van der Waals surface area contributed by atoms with Gasteiger partial charge in [0.1, 0.15) is 5.01 Å². The molecule has 0 unspecified atom stereocenters. The largest absolute Gasteiger partial charge is 0.370 e. The van der Waals surface area contributed by atoms with E-state index in [1.165, 1.54) is 24.8 Å². The fourth-order valence-corrected chi connectivity index (χ4v) is 4.46. The number of aromatic nitrogens is 1. The first-order valence-corrected chi connectivity index (χ1v) is 10.7. The highest BCUT2D eigenvalue weighted by molar-refractivity contribution is 7.13. The van der Waals surface area contributed by atoms with Gasteiger partial charge in [-0.1, -0.05) is 35.9 Å². The molecule has 2 heterocycles. The molecule has 1 amide bonds. The Bertz CT molecular complexity index is 960. The number of amides is 1. The van der Waals surface area contributed by atoms with Crippen LogP contribution in [0.25, 0.3) is 10.6 Å². The lowest BCUT2D eigenvalue weighted by molar-refractivity contribution is -0.115. The number of hydrogen-bond acceptors (Lipinski definition) is 4. The number of carbonyl (C=O) groups excluding carboxylic acids is 1. The van der Waals surface area contributed by atoms with Crippen molar-refractivity contribution in [2.45, 2.75) is 32.6 Å². The van der Waals surface area contributed by atoms with E-state index >= 15 is 0 Å². The molecule has 1 saturated heterocycles. The zero-order valence-electron chi connectivity index (χ0n) is 16.1. The van der Waals surface area contributed by atoms with E-state index in [4.69, 9.17) is 0 Å². The number of anilines is 2. The summed E-state index contributed by atoms with van der Waals surface area (Å²) in [7, 11) is 0. The fourth-order valence-electron chi connectivity index (χ4n) is 3.65. The third-order valence-electron chi connectivity index (χ3n) is 5.03. The highest BCUT2D eigenvalue weighted by Crippen LogP contribution is 2.29. The molecule has 1 aliphatic rings. The number of nitrogens with zero attached hydrogens (tertiary/aromatic N) is 2. The number of piperidine rings is 1. The molecule has 5 heteroatoms. The second kappa shape index (κ2) is 8.57. The summed E-state index contributed by atoms with van der Waals surface area (Å²) in [5.41, 5.74) is 5.14. The second-order valence-electron chi connectivity index (χ2n) is 7.30. The Morgan fingerprint density at radius 1 is 1.11 bits per heavy atom. The van der Waals surface area contributed by atoms with Gasteiger partial charge in [0.15, 0.2) is 0 Å². The predicted octanol–water partition coefficient (Wildman–Crippen LogP) is 5.29. The minimum absolute atomic E-state index is 0.0226. The first kappa shape index (κ1) is 18.7. The van der Waals surface area contributed by atoms with E-state index in [0.717, 1.165) is 40.7 Å². The van der Waals surface area contributed by atoms with Gasteiger partial charge in [-0.3, -0.25) is 4.79 Å². The third-order valence-corrected chi connectivity index (χ3v) is 5.97. The lowest BCUT2D eigenvalue weighted by Crippen LogP contribution is -2.30. The number of benzene rings is 2. The van der Waals surface area contributed by atoms with Gasteiger partial charge in [-0.05, 0) is 44.4 Å². The molecule has 1 aromatic heterocycles. The summed E-state index contributed by atoms with van der Waals surface area (Å²) in [6.07, 6.45) is 4.00. The zero-order chi connectivity index (χ0) is 19.3. The van der Waals surface area contributed by atoms with E-state index in [1.54, 1.807) is 11.3 Å². The van der Waals surface area contributed by atoms with Crippen molar-refractivity contribution in [2.75, 3.05) is 23.3 Å². The summed E-state index contributed by atoms with van der Waals surface area (Å²) < 4.78 is 0. The molecule has 3 aromatic rings. The molecule has 2 aromatic carbocycles. The van der Waals surface area contributed by atoms with E-state index in [2.05, 4.69) is 46.4 Å². The molecule has 1 fully saturated rings. The van der Waals surface area contributed by atoms with Crippen molar-refractivity contribution < 1.29 is 4.79 Å². The molecule has 0 saturated carbocycles. The van der Waals surface area contributed by atoms with Gasteiger partial charge < -0.3 is 10.2 Å². The lowest BCUT2D eigenvalue weighted by Gasteiger charge is -2.30. The molecule has 0 aliphatic carbocycles. The summed E-state index contributed by atoms with van der Waals surface area (Å²) >= 11 is 1.59. The summed E-state index contributed by atoms with van der Waals surface area (Å²) in [6, 6.07) is 16.4. The minimum atomic E-state index is -0.0226. The summed E-state index contributed by atoms with van der Waals surface area (Å²) in [4.78, 5) is 19.7. The molecule has 0 bridgehead atoms. The van der Waals surface area contributed by atoms with Crippen LogP contribution in [-0.4, -0.2) is 24.0 Å². The van der Waals surface area contributed by atoms with Crippen LogP contribution in [0.4, 0.5) is 11.4 Å². The van der Waals surface area contributed by atoms with E-state index in [0.29, 0.717) is 0 Å². The third kappa shape index (κ3) is 4.42. The highest BCUT2D eigenvalue weighted by atomic mass is 32.1. The van der Waals surface area contributed by atoms with Crippen LogP contribution in [-0.2, 0) is 11.2 Å². The zero-order valence-corrected chi connectivity index (χ0v) is 17.0. The Morgan fingerprint density at radius 3 is 2.75 bits per heavy atom. The van der Waals surface area contributed by atoms with Crippen molar-refractivity contribution in [1.29, 1.82) is 0 Å². The van der Waals surface area contributed by atoms with Gasteiger partial charge in [-0.25, -0.2) is 4.98 Å². The molecule has 144 valence electrons. The van der Waals surface area contributed by atoms with Crippen molar-refractivity contribution >= 4 is 28.6 Å². The van der Waals surface area contributed by atoms with Gasteiger partial charge >= 0.3 is 0 Å². The monoisotopic (exact) mass is 391 g/mol. The van der Waals surface area contributed by atoms with Crippen LogP contribution in [0.3, 0.4) is 0 Å². The van der Waals surface area contributed by atoms with Crippen LogP contribution < -0.4 is 10.2 Å². The first-order valence-electron chi connectivity index (χ1n) is 9.84. The van der Waals surface area contributed by atoms with Gasteiger partial charge in [-0.15, -0.1) is 11.3 Å². The average molecular weight is 392 g/mol. The molecular weight excluding hydrogens is 366 g/mol. The molecule has 1 N–H and O–H groups in total. The van der Waals surface area contributed by atoms with Crippen LogP contribution in [0.1, 0.15) is 30.5 Å². The normalized spacial score (nSPS) is 14.1. The van der Waals surface area contributed by atoms with E-state index in [-0.39, 0.29) is 12.3 Å². The van der Waals surface area contributed by atoms with E-state index < -0.39 is 0 Å². The Morgan fingerprint density at radius 2 is 1.93 bits per heavy atom. The second-order valence-corrected chi connectivity index (χ2v) is 8.16. The Labute approximate surface area is 170 Å². The standard InChI is InChI=1S/C23H25N3OS/c1-17-8-7-9-18(14-17)23-24-19(16-28-23)15-22(27)25-20-10-3-4-11-21(20)26-12-5-2-6-13-26/h3-4,7-11,14,16H,2,5-6,12-13,15H2,1H3,(H,25,27). The predicted molar refractivity (Wildman–Crippen MR) is 117 cm³/mol. The minimum Gasteiger partial charge on any atom is -0.370 e. The molecule has 1 aliphatic heterocycles. The van der Waals surface area contributed by atoms with Crippen molar-refractivity contribution in [1.82, 2.24) is 4.98 Å². The van der Waals surface area contributed by atoms with E-state index in [1.807, 2.05) is 29.6 Å². The molecular formula is C23H25N3OS. The Balaban J connectivity index is 1.44. The van der Waals surface area contributed by atoms with Crippen LogP contribution >= 0.6 is 11.3 Å². The number of hydrogen-bond donors (Lipinski definition) is 1. The molecule has 0 atom stereocenters. The quantitative estimate of drug-likeness (QED) is 0.643. The van der Waals surface area contributed by atoms with Gasteiger partial charge in [0.2, 0.25) is 5.91 Å². The smallest absolute Gasteiger partial charge is 0.230 e. The number of nitrogens with one attached hydrogen (secondary N) is 1. The topological polar surface area (TPSA) is 45.2 Å². The maximum atomic E-state index is 12.7. The Kier molecular flexibility index (Phi) is 5.72. The van der Waals surface area contributed by atoms with Gasteiger partial charge in [0, 0.05) is 24.0 Å². The lowest BCUT2D eigenvalue weighted by atomic mass is 10.1. The maximum absolute atomic E-state index is 12.7. The number of rotatable bonds is 5. The van der Waals surface area contributed by atoms with Crippen LogP contribution in [0.15, 0.2) is 53.9 Å². The van der Waals surface area contributed by atoms with Gasteiger partial charge in [0.25, 0.3) is 0 Å². The number of carbonyl (C=O) groups is 1. The van der Waals surface area contributed by atoms with Gasteiger partial charge in [-0.2, -0.15) is 0 Å². The van der Waals surface area contributed by atoms with Crippen LogP contribution in [0.2, 0.25) is 0 Å². The molecule has 0 radical (unpaired) electrons.